The molecule has 0 unspecified atom stereocenters. The second-order valence-electron chi connectivity index (χ2n) is 5.88. The van der Waals surface area contributed by atoms with Crippen LogP contribution in [0.2, 0.25) is 0 Å². The number of aromatic nitrogens is 2. The monoisotopic (exact) mass is 343 g/mol. The molecule has 0 aliphatic rings. The average molecular weight is 343 g/mol. The molecule has 0 saturated heterocycles. The van der Waals surface area contributed by atoms with Crippen molar-refractivity contribution in [3.63, 3.8) is 0 Å². The van der Waals surface area contributed by atoms with Gasteiger partial charge in [0.25, 0.3) is 0 Å². The Bertz CT molecular complexity index is 912. The minimum Gasteiger partial charge on any atom is -0.396 e. The van der Waals surface area contributed by atoms with E-state index < -0.39 is 0 Å². The molecule has 4 nitrogen and oxygen atoms in total. The van der Waals surface area contributed by atoms with E-state index in [0.717, 1.165) is 22.4 Å². The van der Waals surface area contributed by atoms with Crippen molar-refractivity contribution in [1.82, 2.24) is 9.55 Å². The van der Waals surface area contributed by atoms with Gasteiger partial charge in [0.05, 0.1) is 12.9 Å². The zero-order chi connectivity index (χ0) is 18.2. The van der Waals surface area contributed by atoms with Crippen molar-refractivity contribution in [2.45, 2.75) is 20.4 Å². The minimum absolute atomic E-state index is 0.535. The number of oxime groups is 1. The van der Waals surface area contributed by atoms with Gasteiger partial charge in [-0.15, -0.1) is 0 Å². The molecule has 0 atom stereocenters. The molecule has 0 spiro atoms. The predicted molar refractivity (Wildman–Crippen MR) is 104 cm³/mol. The van der Waals surface area contributed by atoms with Gasteiger partial charge in [0.15, 0.2) is 0 Å². The van der Waals surface area contributed by atoms with Gasteiger partial charge in [-0.25, -0.2) is 4.98 Å². The number of nitrogens with zero attached hydrogens (tertiary/aromatic N) is 3. The van der Waals surface area contributed by atoms with Crippen LogP contribution in [0.4, 0.5) is 0 Å². The van der Waals surface area contributed by atoms with E-state index in [0.29, 0.717) is 13.2 Å². The molecule has 26 heavy (non-hydrogen) atoms. The Kier molecular flexibility index (Phi) is 5.84. The van der Waals surface area contributed by atoms with Crippen LogP contribution >= 0.6 is 0 Å². The normalized spacial score (nSPS) is 10.9. The molecule has 0 radical (unpaired) electrons. The number of rotatable bonds is 5. The van der Waals surface area contributed by atoms with Gasteiger partial charge in [-0.1, -0.05) is 46.8 Å². The summed E-state index contributed by atoms with van der Waals surface area (Å²) in [6.45, 7) is 5.13. The maximum atomic E-state index is 5.27. The first kappa shape index (κ1) is 17.5. The van der Waals surface area contributed by atoms with E-state index in [1.54, 1.807) is 12.5 Å². The Morgan fingerprint density at radius 3 is 2.27 bits per heavy atom. The number of imidazole rings is 1. The van der Waals surface area contributed by atoms with Gasteiger partial charge in [-0.05, 0) is 38.1 Å². The summed E-state index contributed by atoms with van der Waals surface area (Å²) in [5, 5.41) is 4.25. The van der Waals surface area contributed by atoms with Gasteiger partial charge in [0, 0.05) is 29.1 Å². The molecular weight excluding hydrogens is 322 g/mol. The molecule has 1 heterocycles. The Labute approximate surface area is 154 Å². The maximum absolute atomic E-state index is 5.27. The fraction of sp³-hybridized carbons (Fsp3) is 0.182. The van der Waals surface area contributed by atoms with Crippen LogP contribution in [0.15, 0.2) is 72.4 Å². The lowest BCUT2D eigenvalue weighted by Gasteiger charge is -2.07. The second kappa shape index (κ2) is 8.68. The summed E-state index contributed by atoms with van der Waals surface area (Å²) >= 11 is 0. The average Bonchev–Trinajstić information content (AvgIpc) is 3.18. The standard InChI is InChI=1S/C22H21N3O/c1-3-26-24-22(16-25-15-14-23-17-25)21-12-10-20(11-13-21)9-8-19-6-4-18(2)5-7-19/h4-7,10-15,17H,3,16H2,1-2H3/b24-22+. The molecule has 3 aromatic rings. The van der Waals surface area contributed by atoms with Gasteiger partial charge in [-0.2, -0.15) is 0 Å². The predicted octanol–water partition coefficient (Wildman–Crippen LogP) is 4.03. The number of hydrogen-bond acceptors (Lipinski definition) is 3. The van der Waals surface area contributed by atoms with Gasteiger partial charge in [0.2, 0.25) is 0 Å². The summed E-state index contributed by atoms with van der Waals surface area (Å²) in [4.78, 5) is 9.34. The summed E-state index contributed by atoms with van der Waals surface area (Å²) in [7, 11) is 0. The van der Waals surface area contributed by atoms with E-state index in [9.17, 15) is 0 Å². The molecule has 4 heteroatoms. The Balaban J connectivity index is 1.77. The van der Waals surface area contributed by atoms with E-state index in [1.807, 2.05) is 54.1 Å². The molecule has 0 fully saturated rings. The lowest BCUT2D eigenvalue weighted by molar-refractivity contribution is 0.158. The third-order valence-corrected chi connectivity index (χ3v) is 3.82. The molecule has 2 aromatic carbocycles. The largest absolute Gasteiger partial charge is 0.396 e. The van der Waals surface area contributed by atoms with Crippen molar-refractivity contribution in [1.29, 1.82) is 0 Å². The molecular formula is C22H21N3O. The van der Waals surface area contributed by atoms with E-state index in [2.05, 4.69) is 41.0 Å². The minimum atomic E-state index is 0.535. The highest BCUT2D eigenvalue weighted by Crippen LogP contribution is 2.08. The highest BCUT2D eigenvalue weighted by molar-refractivity contribution is 6.00. The molecule has 0 aliphatic heterocycles. The van der Waals surface area contributed by atoms with E-state index >= 15 is 0 Å². The number of benzene rings is 2. The highest BCUT2D eigenvalue weighted by Gasteiger charge is 2.06. The Hall–Kier alpha value is -3.32. The van der Waals surface area contributed by atoms with Crippen molar-refractivity contribution in [2.75, 3.05) is 6.61 Å². The highest BCUT2D eigenvalue weighted by atomic mass is 16.6. The second-order valence-corrected chi connectivity index (χ2v) is 5.88. The molecule has 1 aromatic heterocycles. The van der Waals surface area contributed by atoms with Crippen molar-refractivity contribution in [3.05, 3.63) is 89.5 Å². The van der Waals surface area contributed by atoms with Crippen LogP contribution in [0.25, 0.3) is 0 Å². The molecule has 0 amide bonds. The van der Waals surface area contributed by atoms with Gasteiger partial charge >= 0.3 is 0 Å². The molecule has 0 bridgehead atoms. The first-order chi connectivity index (χ1) is 12.7. The van der Waals surface area contributed by atoms with Crippen molar-refractivity contribution < 1.29 is 4.84 Å². The Morgan fingerprint density at radius 1 is 1.04 bits per heavy atom. The van der Waals surface area contributed by atoms with Crippen LogP contribution < -0.4 is 0 Å². The lowest BCUT2D eigenvalue weighted by atomic mass is 10.1. The SMILES string of the molecule is CCO/N=C(\Cn1ccnc1)c1ccc(C#Cc2ccc(C)cc2)cc1. The molecule has 0 saturated carbocycles. The third-order valence-electron chi connectivity index (χ3n) is 3.82. The third kappa shape index (κ3) is 4.84. The smallest absolute Gasteiger partial charge is 0.114 e. The van der Waals surface area contributed by atoms with Crippen LogP contribution in [0.1, 0.15) is 29.2 Å². The first-order valence-electron chi connectivity index (χ1n) is 8.58. The zero-order valence-electron chi connectivity index (χ0n) is 15.0. The topological polar surface area (TPSA) is 39.4 Å². The van der Waals surface area contributed by atoms with E-state index in [-0.39, 0.29) is 0 Å². The first-order valence-corrected chi connectivity index (χ1v) is 8.58. The summed E-state index contributed by atoms with van der Waals surface area (Å²) in [6, 6.07) is 16.3. The van der Waals surface area contributed by atoms with Crippen molar-refractivity contribution in [3.8, 4) is 11.8 Å². The number of aryl methyl sites for hydroxylation is 1. The Morgan fingerprint density at radius 2 is 1.69 bits per heavy atom. The summed E-state index contributed by atoms with van der Waals surface area (Å²) < 4.78 is 1.96. The van der Waals surface area contributed by atoms with Gasteiger partial charge in [0.1, 0.15) is 12.3 Å². The molecule has 130 valence electrons. The maximum Gasteiger partial charge on any atom is 0.114 e. The molecule has 3 rings (SSSR count). The van der Waals surface area contributed by atoms with Crippen LogP contribution in [-0.2, 0) is 11.4 Å². The lowest BCUT2D eigenvalue weighted by Crippen LogP contribution is -2.11. The van der Waals surface area contributed by atoms with Crippen molar-refractivity contribution in [2.24, 2.45) is 5.16 Å². The van der Waals surface area contributed by atoms with Crippen LogP contribution in [0.5, 0.6) is 0 Å². The fourth-order valence-corrected chi connectivity index (χ4v) is 2.40. The van der Waals surface area contributed by atoms with Crippen LogP contribution in [-0.4, -0.2) is 21.9 Å². The summed E-state index contributed by atoms with van der Waals surface area (Å²) in [5.41, 5.74) is 5.07. The van der Waals surface area contributed by atoms with E-state index in [4.69, 9.17) is 4.84 Å². The zero-order valence-corrected chi connectivity index (χ0v) is 15.0. The van der Waals surface area contributed by atoms with Crippen LogP contribution in [0.3, 0.4) is 0 Å². The molecule has 0 N–H and O–H groups in total. The van der Waals surface area contributed by atoms with Gasteiger partial charge < -0.3 is 9.40 Å². The molecule has 0 aliphatic carbocycles. The fourth-order valence-electron chi connectivity index (χ4n) is 2.40. The van der Waals surface area contributed by atoms with Crippen molar-refractivity contribution >= 4 is 5.71 Å². The van der Waals surface area contributed by atoms with Crippen LogP contribution in [0, 0.1) is 18.8 Å². The van der Waals surface area contributed by atoms with E-state index in [1.165, 1.54) is 5.56 Å². The van der Waals surface area contributed by atoms with Gasteiger partial charge in [-0.3, -0.25) is 0 Å². The number of hydrogen-bond donors (Lipinski definition) is 0. The quantitative estimate of drug-likeness (QED) is 0.398. The summed E-state index contributed by atoms with van der Waals surface area (Å²) in [6.07, 6.45) is 5.42. The summed E-state index contributed by atoms with van der Waals surface area (Å²) in [5.74, 6) is 6.39.